The van der Waals surface area contributed by atoms with Gasteiger partial charge in [-0.2, -0.15) is 0 Å². The van der Waals surface area contributed by atoms with Gasteiger partial charge in [0.2, 0.25) is 0 Å². The van der Waals surface area contributed by atoms with Crippen LogP contribution in [0.1, 0.15) is 28.5 Å². The van der Waals surface area contributed by atoms with Crippen molar-refractivity contribution in [2.75, 3.05) is 6.61 Å². The molecule has 1 N–H and O–H groups in total. The number of aliphatic hydroxyl groups excluding tert-OH is 1. The second-order valence-corrected chi connectivity index (χ2v) is 4.60. The molecule has 92 valence electrons. The fourth-order valence-electron chi connectivity index (χ4n) is 2.26. The van der Waals surface area contributed by atoms with E-state index in [-0.39, 0.29) is 0 Å². The van der Waals surface area contributed by atoms with E-state index in [9.17, 15) is 5.11 Å². The van der Waals surface area contributed by atoms with Crippen LogP contribution in [0, 0.1) is 6.92 Å². The van der Waals surface area contributed by atoms with E-state index in [4.69, 9.17) is 4.74 Å². The van der Waals surface area contributed by atoms with Crippen LogP contribution in [-0.2, 0) is 6.42 Å². The molecule has 3 heteroatoms. The van der Waals surface area contributed by atoms with E-state index in [1.165, 1.54) is 5.56 Å². The molecule has 1 unspecified atom stereocenters. The summed E-state index contributed by atoms with van der Waals surface area (Å²) in [4.78, 5) is 4.27. The largest absolute Gasteiger partial charge is 0.493 e. The number of aryl methyl sites for hydroxylation is 1. The Hall–Kier alpha value is -1.87. The van der Waals surface area contributed by atoms with Gasteiger partial charge in [0.05, 0.1) is 12.3 Å². The number of pyridine rings is 1. The highest BCUT2D eigenvalue weighted by Crippen LogP contribution is 2.35. The molecule has 3 nitrogen and oxygen atoms in total. The minimum Gasteiger partial charge on any atom is -0.493 e. The molecule has 1 aromatic heterocycles. The number of benzene rings is 1. The third kappa shape index (κ3) is 1.87. The first-order valence-electron chi connectivity index (χ1n) is 6.11. The second kappa shape index (κ2) is 4.42. The Morgan fingerprint density at radius 3 is 2.94 bits per heavy atom. The Labute approximate surface area is 106 Å². The number of aliphatic hydroxyl groups is 1. The molecule has 0 saturated heterocycles. The molecule has 0 fully saturated rings. The van der Waals surface area contributed by atoms with E-state index in [1.54, 1.807) is 6.20 Å². The van der Waals surface area contributed by atoms with E-state index in [2.05, 4.69) is 4.98 Å². The summed E-state index contributed by atoms with van der Waals surface area (Å²) in [6.07, 6.45) is 1.96. The van der Waals surface area contributed by atoms with Crippen molar-refractivity contribution in [3.05, 3.63) is 58.9 Å². The SMILES string of the molecule is Cc1ccc(C(O)c2cccc3c2OCC3)nc1. The molecule has 1 aliphatic heterocycles. The summed E-state index contributed by atoms with van der Waals surface area (Å²) in [5.74, 6) is 0.826. The maximum atomic E-state index is 10.4. The summed E-state index contributed by atoms with van der Waals surface area (Å²) < 4.78 is 5.61. The van der Waals surface area contributed by atoms with Crippen LogP contribution in [0.25, 0.3) is 0 Å². The van der Waals surface area contributed by atoms with Crippen molar-refractivity contribution in [2.24, 2.45) is 0 Å². The van der Waals surface area contributed by atoms with Crippen molar-refractivity contribution in [1.29, 1.82) is 0 Å². The van der Waals surface area contributed by atoms with E-state index in [1.807, 2.05) is 37.3 Å². The summed E-state index contributed by atoms with van der Waals surface area (Å²) in [7, 11) is 0. The van der Waals surface area contributed by atoms with Gasteiger partial charge in [0.15, 0.2) is 0 Å². The summed E-state index contributed by atoms with van der Waals surface area (Å²) >= 11 is 0. The van der Waals surface area contributed by atoms with Gasteiger partial charge >= 0.3 is 0 Å². The Bertz CT molecular complexity index is 563. The smallest absolute Gasteiger partial charge is 0.128 e. The number of hydrogen-bond acceptors (Lipinski definition) is 3. The molecule has 0 amide bonds. The fourth-order valence-corrected chi connectivity index (χ4v) is 2.26. The molecule has 0 aliphatic carbocycles. The van der Waals surface area contributed by atoms with Crippen LogP contribution in [0.5, 0.6) is 5.75 Å². The maximum absolute atomic E-state index is 10.4. The van der Waals surface area contributed by atoms with Crippen molar-refractivity contribution < 1.29 is 9.84 Å². The van der Waals surface area contributed by atoms with Crippen molar-refractivity contribution in [3.8, 4) is 5.75 Å². The average Bonchev–Trinajstić information content (AvgIpc) is 2.87. The number of ether oxygens (including phenoxy) is 1. The minimum atomic E-state index is -0.723. The quantitative estimate of drug-likeness (QED) is 0.878. The van der Waals surface area contributed by atoms with Crippen molar-refractivity contribution in [3.63, 3.8) is 0 Å². The first-order valence-corrected chi connectivity index (χ1v) is 6.11. The molecule has 1 aliphatic rings. The molecule has 0 radical (unpaired) electrons. The van der Waals surface area contributed by atoms with Gasteiger partial charge in [0, 0.05) is 18.2 Å². The molecule has 0 saturated carbocycles. The van der Waals surface area contributed by atoms with Gasteiger partial charge in [-0.1, -0.05) is 24.3 Å². The van der Waals surface area contributed by atoms with Gasteiger partial charge in [0.1, 0.15) is 11.9 Å². The average molecular weight is 241 g/mol. The Kier molecular flexibility index (Phi) is 2.76. The zero-order valence-corrected chi connectivity index (χ0v) is 10.3. The van der Waals surface area contributed by atoms with Crippen LogP contribution in [0.3, 0.4) is 0 Å². The topological polar surface area (TPSA) is 42.4 Å². The minimum absolute atomic E-state index is 0.657. The highest BCUT2D eigenvalue weighted by molar-refractivity contribution is 5.47. The van der Waals surface area contributed by atoms with Crippen LogP contribution in [-0.4, -0.2) is 16.7 Å². The zero-order valence-electron chi connectivity index (χ0n) is 10.3. The standard InChI is InChI=1S/C15H15NO2/c1-10-5-6-13(16-9-10)14(17)12-4-2-3-11-7-8-18-15(11)12/h2-6,9,14,17H,7-8H2,1H3. The molecule has 0 spiro atoms. The number of hydrogen-bond donors (Lipinski definition) is 1. The summed E-state index contributed by atoms with van der Waals surface area (Å²) in [5, 5.41) is 10.4. The van der Waals surface area contributed by atoms with Gasteiger partial charge in [-0.15, -0.1) is 0 Å². The number of para-hydroxylation sites is 1. The monoisotopic (exact) mass is 241 g/mol. The van der Waals surface area contributed by atoms with Crippen LogP contribution in [0.2, 0.25) is 0 Å². The van der Waals surface area contributed by atoms with Gasteiger partial charge in [0.25, 0.3) is 0 Å². The number of nitrogens with zero attached hydrogens (tertiary/aromatic N) is 1. The number of aromatic nitrogens is 1. The highest BCUT2D eigenvalue weighted by Gasteiger charge is 2.22. The van der Waals surface area contributed by atoms with Gasteiger partial charge in [-0.05, 0) is 24.1 Å². The van der Waals surface area contributed by atoms with Gasteiger partial charge in [-0.3, -0.25) is 4.98 Å². The zero-order chi connectivity index (χ0) is 12.5. The lowest BCUT2D eigenvalue weighted by atomic mass is 10.0. The lowest BCUT2D eigenvalue weighted by Gasteiger charge is -2.14. The molecule has 18 heavy (non-hydrogen) atoms. The third-order valence-electron chi connectivity index (χ3n) is 3.25. The number of rotatable bonds is 2. The molecular formula is C15H15NO2. The Morgan fingerprint density at radius 1 is 1.28 bits per heavy atom. The predicted octanol–water partition coefficient (Wildman–Crippen LogP) is 2.41. The highest BCUT2D eigenvalue weighted by atomic mass is 16.5. The lowest BCUT2D eigenvalue weighted by molar-refractivity contribution is 0.209. The van der Waals surface area contributed by atoms with E-state index >= 15 is 0 Å². The van der Waals surface area contributed by atoms with Crippen molar-refractivity contribution in [1.82, 2.24) is 4.98 Å². The van der Waals surface area contributed by atoms with Crippen molar-refractivity contribution in [2.45, 2.75) is 19.4 Å². The molecule has 2 heterocycles. The molecule has 2 aromatic rings. The maximum Gasteiger partial charge on any atom is 0.128 e. The Morgan fingerprint density at radius 2 is 2.17 bits per heavy atom. The summed E-state index contributed by atoms with van der Waals surface area (Å²) in [6, 6.07) is 9.71. The molecule has 1 atom stereocenters. The molecule has 0 bridgehead atoms. The van der Waals surface area contributed by atoms with E-state index < -0.39 is 6.10 Å². The predicted molar refractivity (Wildman–Crippen MR) is 68.7 cm³/mol. The van der Waals surface area contributed by atoms with Crippen LogP contribution in [0.15, 0.2) is 36.5 Å². The molecule has 1 aromatic carbocycles. The van der Waals surface area contributed by atoms with Gasteiger partial charge in [-0.25, -0.2) is 0 Å². The third-order valence-corrected chi connectivity index (χ3v) is 3.25. The van der Waals surface area contributed by atoms with Crippen LogP contribution >= 0.6 is 0 Å². The summed E-state index contributed by atoms with van der Waals surface area (Å²) in [5.41, 5.74) is 3.71. The number of fused-ring (bicyclic) bond motifs is 1. The van der Waals surface area contributed by atoms with Crippen LogP contribution in [0.4, 0.5) is 0 Å². The van der Waals surface area contributed by atoms with Crippen LogP contribution < -0.4 is 4.74 Å². The first-order chi connectivity index (χ1) is 8.75. The molecule has 3 rings (SSSR count). The van der Waals surface area contributed by atoms with E-state index in [0.717, 1.165) is 23.3 Å². The normalized spacial score (nSPS) is 15.0. The first kappa shape index (κ1) is 11.2. The molecular weight excluding hydrogens is 226 g/mol. The van der Waals surface area contributed by atoms with Gasteiger partial charge < -0.3 is 9.84 Å². The lowest BCUT2D eigenvalue weighted by Crippen LogP contribution is -2.04. The Balaban J connectivity index is 2.00. The second-order valence-electron chi connectivity index (χ2n) is 4.60. The summed E-state index contributed by atoms with van der Waals surface area (Å²) in [6.45, 7) is 2.67. The fraction of sp³-hybridized carbons (Fsp3) is 0.267. The van der Waals surface area contributed by atoms with E-state index in [0.29, 0.717) is 12.3 Å². The van der Waals surface area contributed by atoms with Crippen molar-refractivity contribution >= 4 is 0 Å².